The van der Waals surface area contributed by atoms with Crippen LogP contribution in [0.3, 0.4) is 0 Å². The fourth-order valence-electron chi connectivity index (χ4n) is 2.66. The van der Waals surface area contributed by atoms with Gasteiger partial charge in [0.25, 0.3) is 0 Å². The molecule has 0 radical (unpaired) electrons. The number of carbonyl (C=O) groups is 3. The van der Waals surface area contributed by atoms with Crippen molar-refractivity contribution in [1.82, 2.24) is 4.90 Å². The van der Waals surface area contributed by atoms with Crippen molar-refractivity contribution in [2.45, 2.75) is 64.9 Å². The maximum atomic E-state index is 12.6. The zero-order valence-corrected chi connectivity index (χ0v) is 17.1. The fourth-order valence-corrected chi connectivity index (χ4v) is 2.66. The Bertz CT molecular complexity index is 693. The molecular weight excluding hydrogens is 362 g/mol. The minimum Gasteiger partial charge on any atom is -0.458 e. The van der Waals surface area contributed by atoms with Crippen LogP contribution in [-0.2, 0) is 30.4 Å². The van der Waals surface area contributed by atoms with Crippen LogP contribution in [-0.4, -0.2) is 47.7 Å². The normalized spacial score (nSPS) is 15.9. The van der Waals surface area contributed by atoms with Gasteiger partial charge < -0.3 is 14.2 Å². The second-order valence-corrected chi connectivity index (χ2v) is 8.05. The number of ether oxygens (including phenoxy) is 3. The van der Waals surface area contributed by atoms with Gasteiger partial charge in [-0.2, -0.15) is 0 Å². The van der Waals surface area contributed by atoms with Crippen LogP contribution in [0, 0.1) is 5.92 Å². The highest BCUT2D eigenvalue weighted by atomic mass is 16.6. The third-order valence-corrected chi connectivity index (χ3v) is 4.26. The number of carbonyl (C=O) groups excluding carboxylic acids is 3. The summed E-state index contributed by atoms with van der Waals surface area (Å²) >= 11 is 0. The molecule has 0 bridgehead atoms. The first kappa shape index (κ1) is 21.7. The lowest BCUT2D eigenvalue weighted by Crippen LogP contribution is -2.48. The van der Waals surface area contributed by atoms with Gasteiger partial charge in [-0.25, -0.2) is 14.4 Å². The van der Waals surface area contributed by atoms with Crippen LogP contribution in [0.15, 0.2) is 30.3 Å². The number of amides is 1. The highest BCUT2D eigenvalue weighted by molar-refractivity contribution is 5.85. The predicted octanol–water partition coefficient (Wildman–Crippen LogP) is 3.31. The van der Waals surface area contributed by atoms with Crippen LogP contribution >= 0.6 is 0 Å². The van der Waals surface area contributed by atoms with Gasteiger partial charge in [-0.3, -0.25) is 4.90 Å². The smallest absolute Gasteiger partial charge is 0.410 e. The van der Waals surface area contributed by atoms with Crippen LogP contribution in [0.1, 0.15) is 46.1 Å². The molecule has 1 aliphatic rings. The molecule has 1 amide bonds. The first-order valence-corrected chi connectivity index (χ1v) is 9.45. The maximum Gasteiger partial charge on any atom is 0.410 e. The van der Waals surface area contributed by atoms with E-state index < -0.39 is 35.8 Å². The van der Waals surface area contributed by atoms with E-state index in [2.05, 4.69) is 0 Å². The number of esters is 2. The molecule has 1 aromatic carbocycles. The van der Waals surface area contributed by atoms with Gasteiger partial charge in [-0.1, -0.05) is 30.3 Å². The molecule has 2 atom stereocenters. The Kier molecular flexibility index (Phi) is 7.05. The van der Waals surface area contributed by atoms with E-state index >= 15 is 0 Å². The van der Waals surface area contributed by atoms with Crippen molar-refractivity contribution < 1.29 is 28.6 Å². The minimum absolute atomic E-state index is 0.0116. The first-order chi connectivity index (χ1) is 13.1. The zero-order valence-electron chi connectivity index (χ0n) is 17.1. The molecule has 7 nitrogen and oxygen atoms in total. The molecule has 0 aromatic heterocycles. The Balaban J connectivity index is 1.92. The lowest BCUT2D eigenvalue weighted by molar-refractivity contribution is -0.170. The van der Waals surface area contributed by atoms with Crippen molar-refractivity contribution in [3.05, 3.63) is 35.9 Å². The third-order valence-electron chi connectivity index (χ3n) is 4.26. The molecule has 0 saturated heterocycles. The Morgan fingerprint density at radius 3 is 2.25 bits per heavy atom. The summed E-state index contributed by atoms with van der Waals surface area (Å²) in [5, 5.41) is 0. The molecule has 1 unspecified atom stereocenters. The molecule has 0 spiro atoms. The number of likely N-dealkylation sites (N-methyl/N-ethyl adjacent to an activating group) is 1. The first-order valence-electron chi connectivity index (χ1n) is 9.45. The number of benzene rings is 1. The molecule has 1 saturated carbocycles. The highest BCUT2D eigenvalue weighted by Crippen LogP contribution is 2.36. The summed E-state index contributed by atoms with van der Waals surface area (Å²) in [6, 6.07) is 8.46. The molecule has 2 rings (SSSR count). The Morgan fingerprint density at radius 2 is 1.71 bits per heavy atom. The van der Waals surface area contributed by atoms with E-state index in [1.165, 1.54) is 18.9 Å². The van der Waals surface area contributed by atoms with Crippen molar-refractivity contribution in [1.29, 1.82) is 0 Å². The monoisotopic (exact) mass is 391 g/mol. The van der Waals surface area contributed by atoms with Crippen LogP contribution in [0.2, 0.25) is 0 Å². The van der Waals surface area contributed by atoms with E-state index in [-0.39, 0.29) is 12.5 Å². The highest BCUT2D eigenvalue weighted by Gasteiger charge is 2.43. The minimum atomic E-state index is -1.07. The van der Waals surface area contributed by atoms with Crippen LogP contribution in [0.5, 0.6) is 0 Å². The van der Waals surface area contributed by atoms with E-state index in [9.17, 15) is 14.4 Å². The predicted molar refractivity (Wildman–Crippen MR) is 102 cm³/mol. The largest absolute Gasteiger partial charge is 0.458 e. The molecule has 7 heteroatoms. The summed E-state index contributed by atoms with van der Waals surface area (Å²) in [6.45, 7) is 6.84. The molecule has 1 aromatic rings. The lowest BCUT2D eigenvalue weighted by Gasteiger charge is -2.30. The van der Waals surface area contributed by atoms with E-state index in [1.54, 1.807) is 20.8 Å². The average Bonchev–Trinajstić information content (AvgIpc) is 3.44. The summed E-state index contributed by atoms with van der Waals surface area (Å²) in [7, 11) is 1.51. The molecule has 154 valence electrons. The van der Waals surface area contributed by atoms with Crippen LogP contribution in [0.25, 0.3) is 0 Å². The van der Waals surface area contributed by atoms with Crippen molar-refractivity contribution in [3.63, 3.8) is 0 Å². The van der Waals surface area contributed by atoms with Gasteiger partial charge in [0, 0.05) is 7.05 Å². The van der Waals surface area contributed by atoms with Gasteiger partial charge in [-0.15, -0.1) is 0 Å². The second kappa shape index (κ2) is 9.08. The van der Waals surface area contributed by atoms with Gasteiger partial charge in [0.1, 0.15) is 18.2 Å². The molecule has 28 heavy (non-hydrogen) atoms. The van der Waals surface area contributed by atoms with Gasteiger partial charge in [0.15, 0.2) is 6.10 Å². The number of rotatable bonds is 7. The zero-order chi connectivity index (χ0) is 20.9. The standard InChI is InChI=1S/C21H29NO6/c1-14(18(23)26-13-15-9-7-6-8-10-15)27-19(24)17(16-11-12-16)22(5)20(25)28-21(2,3)4/h6-10,14,16-17H,11-13H2,1-5H3/t14-,17?/m1/s1. The summed E-state index contributed by atoms with van der Waals surface area (Å²) in [5.41, 5.74) is 0.174. The van der Waals surface area contributed by atoms with Crippen LogP contribution < -0.4 is 0 Å². The molecule has 1 fully saturated rings. The second-order valence-electron chi connectivity index (χ2n) is 8.05. The van der Waals surface area contributed by atoms with Gasteiger partial charge >= 0.3 is 18.0 Å². The maximum absolute atomic E-state index is 12.6. The Morgan fingerprint density at radius 1 is 1.11 bits per heavy atom. The molecule has 0 N–H and O–H groups in total. The summed E-state index contributed by atoms with van der Waals surface area (Å²) in [4.78, 5) is 38.4. The van der Waals surface area contributed by atoms with E-state index in [4.69, 9.17) is 14.2 Å². The lowest BCUT2D eigenvalue weighted by atomic mass is 10.1. The van der Waals surface area contributed by atoms with Crippen molar-refractivity contribution in [2.24, 2.45) is 5.92 Å². The average molecular weight is 391 g/mol. The van der Waals surface area contributed by atoms with Gasteiger partial charge in [0.05, 0.1) is 0 Å². The van der Waals surface area contributed by atoms with Crippen molar-refractivity contribution >= 4 is 18.0 Å². The van der Waals surface area contributed by atoms with Gasteiger partial charge in [-0.05, 0) is 52.0 Å². The summed E-state index contributed by atoms with van der Waals surface area (Å²) in [6.07, 6.45) is -0.0235. The van der Waals surface area contributed by atoms with Crippen LogP contribution in [0.4, 0.5) is 4.79 Å². The van der Waals surface area contributed by atoms with E-state index in [0.29, 0.717) is 0 Å². The Hall–Kier alpha value is -2.57. The van der Waals surface area contributed by atoms with E-state index in [0.717, 1.165) is 18.4 Å². The van der Waals surface area contributed by atoms with Crippen molar-refractivity contribution in [3.8, 4) is 0 Å². The number of hydrogen-bond donors (Lipinski definition) is 0. The van der Waals surface area contributed by atoms with E-state index in [1.807, 2.05) is 30.3 Å². The summed E-state index contributed by atoms with van der Waals surface area (Å²) < 4.78 is 15.8. The third kappa shape index (κ3) is 6.55. The molecular formula is C21H29NO6. The fraction of sp³-hybridized carbons (Fsp3) is 0.571. The topological polar surface area (TPSA) is 82.1 Å². The van der Waals surface area contributed by atoms with Gasteiger partial charge in [0.2, 0.25) is 0 Å². The molecule has 1 aliphatic carbocycles. The van der Waals surface area contributed by atoms with Crippen molar-refractivity contribution in [2.75, 3.05) is 7.05 Å². The summed E-state index contributed by atoms with van der Waals surface area (Å²) in [5.74, 6) is -1.25. The molecule has 0 heterocycles. The number of nitrogens with zero attached hydrogens (tertiary/aromatic N) is 1. The quantitative estimate of drug-likeness (QED) is 0.524. The molecule has 0 aliphatic heterocycles. The SMILES string of the molecule is C[C@@H](OC(=O)C(C1CC1)N(C)C(=O)OC(C)(C)C)C(=O)OCc1ccccc1. The Labute approximate surface area is 165 Å². The number of hydrogen-bond acceptors (Lipinski definition) is 6.